The Morgan fingerprint density at radius 1 is 1.69 bits per heavy atom. The SMILES string of the molecule is COc1cc(CC([NH3+])C(=O)[O-])cc(Br)c1O. The Kier molecular flexibility index (Phi) is 4.14. The molecule has 1 atom stereocenters. The van der Waals surface area contributed by atoms with Crippen LogP contribution in [-0.4, -0.2) is 24.2 Å². The van der Waals surface area contributed by atoms with E-state index < -0.39 is 12.0 Å². The molecule has 0 amide bonds. The molecule has 1 aromatic carbocycles. The Bertz CT molecular complexity index is 408. The number of halogens is 1. The Hall–Kier alpha value is -1.27. The zero-order valence-corrected chi connectivity index (χ0v) is 10.3. The van der Waals surface area contributed by atoms with Crippen LogP contribution in [0.3, 0.4) is 0 Å². The van der Waals surface area contributed by atoms with E-state index >= 15 is 0 Å². The van der Waals surface area contributed by atoms with Crippen LogP contribution in [0.25, 0.3) is 0 Å². The first-order valence-corrected chi connectivity index (χ1v) is 5.34. The summed E-state index contributed by atoms with van der Waals surface area (Å²) in [6, 6.07) is 2.36. The predicted octanol–water partition coefficient (Wildman–Crippen LogP) is -0.934. The summed E-state index contributed by atoms with van der Waals surface area (Å²) < 4.78 is 5.40. The number of aromatic hydroxyl groups is 1. The van der Waals surface area contributed by atoms with Crippen LogP contribution >= 0.6 is 15.9 Å². The van der Waals surface area contributed by atoms with E-state index in [1.807, 2.05) is 0 Å². The second kappa shape index (κ2) is 5.18. The molecule has 0 fully saturated rings. The van der Waals surface area contributed by atoms with Crippen molar-refractivity contribution >= 4 is 21.9 Å². The third-order valence-electron chi connectivity index (χ3n) is 2.12. The number of ether oxygens (including phenoxy) is 1. The van der Waals surface area contributed by atoms with Gasteiger partial charge < -0.3 is 25.5 Å². The molecule has 0 saturated carbocycles. The molecule has 5 nitrogen and oxygen atoms in total. The molecule has 0 radical (unpaired) electrons. The molecule has 16 heavy (non-hydrogen) atoms. The minimum Gasteiger partial charge on any atom is -0.544 e. The number of rotatable bonds is 4. The number of quaternary nitrogens is 1. The number of phenols is 1. The number of carbonyl (C=O) groups excluding carboxylic acids is 1. The van der Waals surface area contributed by atoms with Gasteiger partial charge in [0.2, 0.25) is 0 Å². The highest BCUT2D eigenvalue weighted by atomic mass is 79.9. The molecule has 1 unspecified atom stereocenters. The quantitative estimate of drug-likeness (QED) is 0.748. The number of hydrogen-bond acceptors (Lipinski definition) is 4. The van der Waals surface area contributed by atoms with Gasteiger partial charge in [0.1, 0.15) is 6.04 Å². The number of carboxylic acids is 1. The van der Waals surface area contributed by atoms with Crippen molar-refractivity contribution < 1.29 is 25.5 Å². The summed E-state index contributed by atoms with van der Waals surface area (Å²) in [6.07, 6.45) is 0.220. The van der Waals surface area contributed by atoms with Crippen molar-refractivity contribution in [3.05, 3.63) is 22.2 Å². The van der Waals surface area contributed by atoms with Gasteiger partial charge in [-0.2, -0.15) is 0 Å². The van der Waals surface area contributed by atoms with Gasteiger partial charge in [-0.15, -0.1) is 0 Å². The highest BCUT2D eigenvalue weighted by Gasteiger charge is 2.13. The Morgan fingerprint density at radius 3 is 2.81 bits per heavy atom. The maximum atomic E-state index is 10.5. The Balaban J connectivity index is 2.98. The molecule has 1 rings (SSSR count). The molecule has 4 N–H and O–H groups in total. The Labute approximate surface area is 101 Å². The van der Waals surface area contributed by atoms with Gasteiger partial charge in [-0.25, -0.2) is 0 Å². The van der Waals surface area contributed by atoms with Gasteiger partial charge in [0.25, 0.3) is 0 Å². The number of carbonyl (C=O) groups is 1. The van der Waals surface area contributed by atoms with E-state index in [0.29, 0.717) is 10.0 Å². The van der Waals surface area contributed by atoms with Crippen molar-refractivity contribution in [3.63, 3.8) is 0 Å². The summed E-state index contributed by atoms with van der Waals surface area (Å²) in [5, 5.41) is 20.1. The monoisotopic (exact) mass is 289 g/mol. The fraction of sp³-hybridized carbons (Fsp3) is 0.300. The number of aliphatic carboxylic acids is 1. The second-order valence-corrected chi connectivity index (χ2v) is 4.20. The second-order valence-electron chi connectivity index (χ2n) is 3.35. The van der Waals surface area contributed by atoms with Crippen molar-refractivity contribution in [2.75, 3.05) is 7.11 Å². The first kappa shape index (κ1) is 12.8. The molecular formula is C10H12BrNO4. The van der Waals surface area contributed by atoms with Gasteiger partial charge >= 0.3 is 0 Å². The zero-order chi connectivity index (χ0) is 12.3. The van der Waals surface area contributed by atoms with Gasteiger partial charge in [-0.3, -0.25) is 0 Å². The largest absolute Gasteiger partial charge is 0.544 e. The molecule has 0 aliphatic carbocycles. The maximum Gasteiger partial charge on any atom is 0.172 e. The van der Waals surface area contributed by atoms with Crippen molar-refractivity contribution in [2.24, 2.45) is 0 Å². The topological polar surface area (TPSA) is 97.2 Å². The highest BCUT2D eigenvalue weighted by molar-refractivity contribution is 9.10. The molecule has 0 saturated heterocycles. The smallest absolute Gasteiger partial charge is 0.172 e. The normalized spacial score (nSPS) is 12.2. The van der Waals surface area contributed by atoms with E-state index in [9.17, 15) is 15.0 Å². The van der Waals surface area contributed by atoms with Crippen molar-refractivity contribution in [2.45, 2.75) is 12.5 Å². The molecule has 0 heterocycles. The Morgan fingerprint density at radius 2 is 2.31 bits per heavy atom. The maximum absolute atomic E-state index is 10.5. The summed E-state index contributed by atoms with van der Waals surface area (Å²) >= 11 is 3.15. The van der Waals surface area contributed by atoms with E-state index in [0.717, 1.165) is 0 Å². The number of methoxy groups -OCH3 is 1. The summed E-state index contributed by atoms with van der Waals surface area (Å²) in [7, 11) is 1.42. The fourth-order valence-electron chi connectivity index (χ4n) is 1.27. The van der Waals surface area contributed by atoms with Gasteiger partial charge in [0.15, 0.2) is 11.5 Å². The zero-order valence-electron chi connectivity index (χ0n) is 8.70. The molecule has 88 valence electrons. The van der Waals surface area contributed by atoms with Crippen LogP contribution < -0.4 is 15.6 Å². The van der Waals surface area contributed by atoms with Crippen LogP contribution in [0.5, 0.6) is 11.5 Å². The van der Waals surface area contributed by atoms with Crippen LogP contribution in [0, 0.1) is 0 Å². The summed E-state index contributed by atoms with van der Waals surface area (Å²) in [6.45, 7) is 0. The highest BCUT2D eigenvalue weighted by Crippen LogP contribution is 2.35. The lowest BCUT2D eigenvalue weighted by atomic mass is 10.1. The van der Waals surface area contributed by atoms with E-state index in [2.05, 4.69) is 21.7 Å². The summed E-state index contributed by atoms with van der Waals surface area (Å²) in [5.74, 6) is -0.932. The summed E-state index contributed by atoms with van der Waals surface area (Å²) in [4.78, 5) is 10.5. The standard InChI is InChI=1S/C10H12BrNO4/c1-16-8-4-5(2-6(11)9(8)13)3-7(12)10(14)15/h2,4,7,13H,3,12H2,1H3,(H,14,15). The number of benzene rings is 1. The lowest BCUT2D eigenvalue weighted by Crippen LogP contribution is -2.69. The van der Waals surface area contributed by atoms with Gasteiger partial charge in [0, 0.05) is 6.42 Å². The first-order valence-electron chi connectivity index (χ1n) is 4.55. The molecule has 6 heteroatoms. The molecule has 0 spiro atoms. The average Bonchev–Trinajstić information content (AvgIpc) is 2.22. The molecule has 0 aliphatic heterocycles. The van der Waals surface area contributed by atoms with E-state index in [1.165, 1.54) is 7.11 Å². The van der Waals surface area contributed by atoms with Crippen LogP contribution in [0.1, 0.15) is 5.56 Å². The minimum absolute atomic E-state index is 0.0136. The number of hydrogen-bond donors (Lipinski definition) is 2. The van der Waals surface area contributed by atoms with Gasteiger partial charge in [0.05, 0.1) is 17.6 Å². The molecule has 1 aromatic rings. The average molecular weight is 290 g/mol. The third-order valence-corrected chi connectivity index (χ3v) is 2.73. The molecular weight excluding hydrogens is 278 g/mol. The van der Waals surface area contributed by atoms with E-state index in [4.69, 9.17) is 4.74 Å². The first-order chi connectivity index (χ1) is 7.45. The van der Waals surface area contributed by atoms with Crippen molar-refractivity contribution in [3.8, 4) is 11.5 Å². The summed E-state index contributed by atoms with van der Waals surface area (Å²) in [5.41, 5.74) is 4.16. The van der Waals surface area contributed by atoms with E-state index in [-0.39, 0.29) is 17.9 Å². The minimum atomic E-state index is -1.21. The fourth-order valence-corrected chi connectivity index (χ4v) is 1.76. The van der Waals surface area contributed by atoms with E-state index in [1.54, 1.807) is 12.1 Å². The number of phenolic OH excluding ortho intramolecular Hbond substituents is 1. The predicted molar refractivity (Wildman–Crippen MR) is 57.7 cm³/mol. The lowest BCUT2D eigenvalue weighted by molar-refractivity contribution is -0.437. The van der Waals surface area contributed by atoms with Crippen LogP contribution in [0.15, 0.2) is 16.6 Å². The third kappa shape index (κ3) is 2.86. The molecule has 0 aromatic heterocycles. The van der Waals surface area contributed by atoms with Crippen LogP contribution in [0.4, 0.5) is 0 Å². The van der Waals surface area contributed by atoms with Crippen molar-refractivity contribution in [1.29, 1.82) is 0 Å². The van der Waals surface area contributed by atoms with Crippen molar-refractivity contribution in [1.82, 2.24) is 0 Å². The van der Waals surface area contributed by atoms with Crippen LogP contribution in [-0.2, 0) is 11.2 Å². The van der Waals surface area contributed by atoms with Gasteiger partial charge in [-0.05, 0) is 33.6 Å². The van der Waals surface area contributed by atoms with Crippen LogP contribution in [0.2, 0.25) is 0 Å². The lowest BCUT2D eigenvalue weighted by Gasteiger charge is -2.12. The van der Waals surface area contributed by atoms with Gasteiger partial charge in [-0.1, -0.05) is 0 Å². The number of carboxylic acid groups (broad SMARTS) is 1. The molecule has 0 aliphatic rings. The molecule has 0 bridgehead atoms.